The fraction of sp³-hybridized carbons (Fsp3) is 0.111. The fourth-order valence-electron chi connectivity index (χ4n) is 3.62. The lowest BCUT2D eigenvalue weighted by Gasteiger charge is -2.17. The van der Waals surface area contributed by atoms with Gasteiger partial charge in [-0.2, -0.15) is 5.10 Å². The first kappa shape index (κ1) is 23.6. The molecule has 8 heteroatoms. The summed E-state index contributed by atoms with van der Waals surface area (Å²) in [6.07, 6.45) is 0. The van der Waals surface area contributed by atoms with Crippen molar-refractivity contribution >= 4 is 17.6 Å². The summed E-state index contributed by atoms with van der Waals surface area (Å²) in [6, 6.07) is 23.3. The van der Waals surface area contributed by atoms with Crippen molar-refractivity contribution in [3.63, 3.8) is 0 Å². The number of carbonyl (C=O) groups is 2. The SMILES string of the molecule is CCOC(=O)c1c(-c2ccccc2)c(-c2ccccc2)nn(CC(=O)Nc2ccc(F)cc2)c1=O. The first-order valence-corrected chi connectivity index (χ1v) is 11.0. The molecule has 1 N–H and O–H groups in total. The first-order valence-electron chi connectivity index (χ1n) is 11.0. The van der Waals surface area contributed by atoms with Crippen molar-refractivity contribution in [2.75, 3.05) is 11.9 Å². The van der Waals surface area contributed by atoms with Crippen LogP contribution in [0.2, 0.25) is 0 Å². The van der Waals surface area contributed by atoms with E-state index in [1.165, 1.54) is 24.3 Å². The number of hydrogen-bond acceptors (Lipinski definition) is 5. The first-order chi connectivity index (χ1) is 17.0. The largest absolute Gasteiger partial charge is 0.462 e. The van der Waals surface area contributed by atoms with Crippen molar-refractivity contribution in [1.82, 2.24) is 9.78 Å². The molecule has 4 rings (SSSR count). The minimum Gasteiger partial charge on any atom is -0.462 e. The molecule has 0 radical (unpaired) electrons. The van der Waals surface area contributed by atoms with Gasteiger partial charge in [0.05, 0.1) is 12.3 Å². The van der Waals surface area contributed by atoms with Gasteiger partial charge in [-0.15, -0.1) is 0 Å². The Hall–Kier alpha value is -4.59. The number of rotatable bonds is 7. The lowest BCUT2D eigenvalue weighted by molar-refractivity contribution is -0.117. The molecule has 176 valence electrons. The monoisotopic (exact) mass is 471 g/mol. The van der Waals surface area contributed by atoms with E-state index in [-0.39, 0.29) is 12.2 Å². The molecule has 0 saturated carbocycles. The van der Waals surface area contributed by atoms with E-state index in [2.05, 4.69) is 10.4 Å². The predicted molar refractivity (Wildman–Crippen MR) is 130 cm³/mol. The van der Waals surface area contributed by atoms with E-state index in [4.69, 9.17) is 4.74 Å². The summed E-state index contributed by atoms with van der Waals surface area (Å²) in [4.78, 5) is 39.2. The van der Waals surface area contributed by atoms with Crippen molar-refractivity contribution in [2.24, 2.45) is 0 Å². The van der Waals surface area contributed by atoms with Crippen LogP contribution in [0.25, 0.3) is 22.4 Å². The quantitative estimate of drug-likeness (QED) is 0.400. The maximum atomic E-state index is 13.5. The van der Waals surface area contributed by atoms with Gasteiger partial charge in [0.25, 0.3) is 5.56 Å². The highest BCUT2D eigenvalue weighted by Crippen LogP contribution is 2.32. The second kappa shape index (κ2) is 10.6. The van der Waals surface area contributed by atoms with E-state index in [1.807, 2.05) is 24.3 Å². The standard InChI is InChI=1S/C27H22FN3O4/c1-2-35-27(34)24-23(18-9-5-3-6-10-18)25(19-11-7-4-8-12-19)30-31(26(24)33)17-22(32)29-21-15-13-20(28)14-16-21/h3-16H,2,17H2,1H3,(H,29,32). The third-order valence-corrected chi connectivity index (χ3v) is 5.17. The Labute approximate surface area is 200 Å². The normalized spacial score (nSPS) is 10.6. The van der Waals surface area contributed by atoms with Crippen LogP contribution >= 0.6 is 0 Å². The van der Waals surface area contributed by atoms with E-state index in [0.29, 0.717) is 28.1 Å². The van der Waals surface area contributed by atoms with Gasteiger partial charge in [0.1, 0.15) is 17.9 Å². The van der Waals surface area contributed by atoms with Gasteiger partial charge in [-0.25, -0.2) is 13.9 Å². The zero-order chi connectivity index (χ0) is 24.8. The topological polar surface area (TPSA) is 90.3 Å². The molecule has 1 heterocycles. The molecule has 0 aliphatic heterocycles. The molecule has 4 aromatic rings. The summed E-state index contributed by atoms with van der Waals surface area (Å²) in [7, 11) is 0. The van der Waals surface area contributed by atoms with Gasteiger partial charge in [0.15, 0.2) is 0 Å². The van der Waals surface area contributed by atoms with Gasteiger partial charge >= 0.3 is 5.97 Å². The van der Waals surface area contributed by atoms with Crippen LogP contribution in [0.15, 0.2) is 89.7 Å². The fourth-order valence-corrected chi connectivity index (χ4v) is 3.62. The van der Waals surface area contributed by atoms with Crippen molar-refractivity contribution in [2.45, 2.75) is 13.5 Å². The number of anilines is 1. The molecule has 35 heavy (non-hydrogen) atoms. The molecule has 7 nitrogen and oxygen atoms in total. The van der Waals surface area contributed by atoms with Crippen LogP contribution in [0.3, 0.4) is 0 Å². The smallest absolute Gasteiger partial charge is 0.344 e. The summed E-state index contributed by atoms with van der Waals surface area (Å²) < 4.78 is 19.3. The third kappa shape index (κ3) is 5.33. The summed E-state index contributed by atoms with van der Waals surface area (Å²) in [6.45, 7) is 1.26. The van der Waals surface area contributed by atoms with Crippen LogP contribution in [-0.2, 0) is 16.1 Å². The van der Waals surface area contributed by atoms with E-state index >= 15 is 0 Å². The zero-order valence-corrected chi connectivity index (χ0v) is 18.9. The van der Waals surface area contributed by atoms with E-state index < -0.39 is 29.8 Å². The second-order valence-electron chi connectivity index (χ2n) is 7.57. The van der Waals surface area contributed by atoms with Gasteiger partial charge < -0.3 is 10.1 Å². The van der Waals surface area contributed by atoms with Crippen LogP contribution in [0, 0.1) is 5.82 Å². The van der Waals surface area contributed by atoms with Crippen LogP contribution in [0.1, 0.15) is 17.3 Å². The lowest BCUT2D eigenvalue weighted by Crippen LogP contribution is -2.34. The van der Waals surface area contributed by atoms with Gasteiger partial charge in [-0.05, 0) is 36.8 Å². The van der Waals surface area contributed by atoms with Crippen molar-refractivity contribution in [3.05, 3.63) is 107 Å². The summed E-state index contributed by atoms with van der Waals surface area (Å²) in [5.74, 6) is -1.81. The molecule has 3 aromatic carbocycles. The number of ether oxygens (including phenoxy) is 1. The van der Waals surface area contributed by atoms with E-state index in [1.54, 1.807) is 43.3 Å². The Morgan fingerprint density at radius 1 is 0.914 bits per heavy atom. The molecule has 0 aliphatic carbocycles. The minimum absolute atomic E-state index is 0.0700. The molecule has 0 fully saturated rings. The molecular weight excluding hydrogens is 449 g/mol. The summed E-state index contributed by atoms with van der Waals surface area (Å²) in [5, 5.41) is 7.10. The number of aromatic nitrogens is 2. The Bertz CT molecular complexity index is 1400. The highest BCUT2D eigenvalue weighted by molar-refractivity contribution is 6.01. The van der Waals surface area contributed by atoms with Crippen molar-refractivity contribution in [3.8, 4) is 22.4 Å². The minimum atomic E-state index is -0.802. The van der Waals surface area contributed by atoms with Gasteiger partial charge in [-0.1, -0.05) is 60.7 Å². The van der Waals surface area contributed by atoms with Gasteiger partial charge in [0.2, 0.25) is 5.91 Å². The highest BCUT2D eigenvalue weighted by atomic mass is 19.1. The van der Waals surface area contributed by atoms with Gasteiger partial charge in [-0.3, -0.25) is 9.59 Å². The molecular formula is C27H22FN3O4. The predicted octanol–water partition coefficient (Wildman–Crippen LogP) is 4.53. The zero-order valence-electron chi connectivity index (χ0n) is 18.9. The Balaban J connectivity index is 1.87. The average molecular weight is 471 g/mol. The van der Waals surface area contributed by atoms with Crippen LogP contribution < -0.4 is 10.9 Å². The summed E-state index contributed by atoms with van der Waals surface area (Å²) >= 11 is 0. The lowest BCUT2D eigenvalue weighted by atomic mass is 9.95. The number of hydrogen-bond donors (Lipinski definition) is 1. The Morgan fingerprint density at radius 3 is 2.11 bits per heavy atom. The van der Waals surface area contributed by atoms with Crippen molar-refractivity contribution in [1.29, 1.82) is 0 Å². The molecule has 0 unspecified atom stereocenters. The number of esters is 1. The molecule has 1 aromatic heterocycles. The number of halogens is 1. The molecule has 0 saturated heterocycles. The van der Waals surface area contributed by atoms with Crippen LogP contribution in [0.4, 0.5) is 10.1 Å². The molecule has 1 amide bonds. The highest BCUT2D eigenvalue weighted by Gasteiger charge is 2.26. The number of nitrogens with zero attached hydrogens (tertiary/aromatic N) is 2. The number of nitrogens with one attached hydrogen (secondary N) is 1. The van der Waals surface area contributed by atoms with Gasteiger partial charge in [0, 0.05) is 16.8 Å². The Morgan fingerprint density at radius 2 is 1.51 bits per heavy atom. The molecule has 0 aliphatic rings. The summed E-state index contributed by atoms with van der Waals surface area (Å²) in [5.41, 5.74) is 1.35. The Kier molecular flexibility index (Phi) is 7.11. The maximum absolute atomic E-state index is 13.5. The molecule has 0 bridgehead atoms. The number of carbonyl (C=O) groups excluding carboxylic acids is 2. The van der Waals surface area contributed by atoms with Crippen molar-refractivity contribution < 1.29 is 18.7 Å². The van der Waals surface area contributed by atoms with Crippen LogP contribution in [-0.4, -0.2) is 28.3 Å². The number of amides is 1. The van der Waals surface area contributed by atoms with Crippen LogP contribution in [0.5, 0.6) is 0 Å². The molecule has 0 atom stereocenters. The van der Waals surface area contributed by atoms with E-state index in [0.717, 1.165) is 4.68 Å². The molecule has 0 spiro atoms. The maximum Gasteiger partial charge on any atom is 0.344 e. The third-order valence-electron chi connectivity index (χ3n) is 5.17. The van der Waals surface area contributed by atoms with E-state index in [9.17, 15) is 18.8 Å². The second-order valence-corrected chi connectivity index (χ2v) is 7.57. The number of benzene rings is 3. The average Bonchev–Trinajstić information content (AvgIpc) is 2.87.